The fourth-order valence-electron chi connectivity index (χ4n) is 2.35. The fraction of sp³-hybridized carbons (Fsp3) is 0.0500. The van der Waals surface area contributed by atoms with Gasteiger partial charge in [-0.1, -0.05) is 11.6 Å². The Labute approximate surface area is 165 Å². The number of aromatic nitrogens is 1. The summed E-state index contributed by atoms with van der Waals surface area (Å²) in [6.45, 7) is 1.85. The number of amides is 2. The van der Waals surface area contributed by atoms with Crippen molar-refractivity contribution in [2.45, 2.75) is 6.92 Å². The van der Waals surface area contributed by atoms with Gasteiger partial charge < -0.3 is 20.5 Å². The van der Waals surface area contributed by atoms with Gasteiger partial charge in [-0.3, -0.25) is 0 Å². The van der Waals surface area contributed by atoms with Crippen LogP contribution in [-0.2, 0) is 0 Å². The van der Waals surface area contributed by atoms with E-state index in [0.717, 1.165) is 5.56 Å². The molecule has 0 radical (unpaired) electrons. The molecule has 1 aromatic heterocycles. The minimum atomic E-state index is -1.13. The minimum absolute atomic E-state index is 0.107. The number of aromatic carboxylic acids is 1. The first-order valence-corrected chi connectivity index (χ1v) is 8.60. The fourth-order valence-corrected chi connectivity index (χ4v) is 2.47. The number of halogens is 1. The van der Waals surface area contributed by atoms with Crippen molar-refractivity contribution in [3.05, 3.63) is 77.1 Å². The Kier molecular flexibility index (Phi) is 5.76. The molecule has 28 heavy (non-hydrogen) atoms. The Hall–Kier alpha value is -3.58. The third-order valence-electron chi connectivity index (χ3n) is 3.71. The Bertz CT molecular complexity index is 1020. The molecule has 0 saturated heterocycles. The molecule has 1 heterocycles. The largest absolute Gasteiger partial charge is 0.477 e. The maximum atomic E-state index is 12.1. The molecule has 3 N–H and O–H groups in total. The van der Waals surface area contributed by atoms with Crippen LogP contribution in [0, 0.1) is 6.92 Å². The second kappa shape index (κ2) is 8.41. The van der Waals surface area contributed by atoms with E-state index in [1.165, 1.54) is 12.3 Å². The number of rotatable bonds is 5. The van der Waals surface area contributed by atoms with Gasteiger partial charge in [0.2, 0.25) is 0 Å². The molecular weight excluding hydrogens is 382 g/mol. The third-order valence-corrected chi connectivity index (χ3v) is 4.14. The standard InChI is InChI=1S/C20H16ClN3O4/c1-12-10-14(4-7-17(12)21)24-20(27)23-13-2-5-15(6-3-13)28-16-8-9-22-18(11-16)19(25)26/h2-11H,1H3,(H,25,26)(H2,23,24,27). The topological polar surface area (TPSA) is 101 Å². The van der Waals surface area contributed by atoms with Crippen molar-refractivity contribution in [1.82, 2.24) is 4.98 Å². The van der Waals surface area contributed by atoms with E-state index < -0.39 is 12.0 Å². The molecule has 3 aromatic rings. The van der Waals surface area contributed by atoms with Gasteiger partial charge in [-0.05, 0) is 61.0 Å². The van der Waals surface area contributed by atoms with Gasteiger partial charge >= 0.3 is 12.0 Å². The van der Waals surface area contributed by atoms with Crippen molar-refractivity contribution in [2.24, 2.45) is 0 Å². The van der Waals surface area contributed by atoms with Crippen LogP contribution in [0.25, 0.3) is 0 Å². The second-order valence-electron chi connectivity index (χ2n) is 5.85. The number of carboxylic acids is 1. The first-order chi connectivity index (χ1) is 13.4. The van der Waals surface area contributed by atoms with Crippen LogP contribution in [0.15, 0.2) is 60.8 Å². The molecule has 8 heteroatoms. The maximum absolute atomic E-state index is 12.1. The van der Waals surface area contributed by atoms with Gasteiger partial charge in [0.25, 0.3) is 0 Å². The van der Waals surface area contributed by atoms with Gasteiger partial charge in [-0.2, -0.15) is 0 Å². The Morgan fingerprint density at radius 3 is 2.32 bits per heavy atom. The van der Waals surface area contributed by atoms with Crippen LogP contribution in [0.4, 0.5) is 16.2 Å². The van der Waals surface area contributed by atoms with Crippen molar-refractivity contribution < 1.29 is 19.4 Å². The lowest BCUT2D eigenvalue weighted by molar-refractivity contribution is 0.0690. The molecule has 0 aliphatic rings. The van der Waals surface area contributed by atoms with Crippen LogP contribution in [-0.4, -0.2) is 22.1 Å². The number of nitrogens with zero attached hydrogens (tertiary/aromatic N) is 1. The van der Waals surface area contributed by atoms with Crippen LogP contribution in [0.3, 0.4) is 0 Å². The number of carboxylic acid groups (broad SMARTS) is 1. The van der Waals surface area contributed by atoms with E-state index in [-0.39, 0.29) is 5.69 Å². The molecule has 7 nitrogen and oxygen atoms in total. The summed E-state index contributed by atoms with van der Waals surface area (Å²) in [5.41, 5.74) is 1.95. The summed E-state index contributed by atoms with van der Waals surface area (Å²) < 4.78 is 5.61. The summed E-state index contributed by atoms with van der Waals surface area (Å²) in [6, 6.07) is 14.3. The number of benzene rings is 2. The van der Waals surface area contributed by atoms with E-state index in [1.54, 1.807) is 48.5 Å². The first-order valence-electron chi connectivity index (χ1n) is 8.22. The van der Waals surface area contributed by atoms with Crippen molar-refractivity contribution in [2.75, 3.05) is 10.6 Å². The molecule has 0 bridgehead atoms. The van der Waals surface area contributed by atoms with Crippen LogP contribution in [0.5, 0.6) is 11.5 Å². The number of carbonyl (C=O) groups excluding carboxylic acids is 1. The van der Waals surface area contributed by atoms with Gasteiger partial charge in [0.05, 0.1) is 0 Å². The zero-order valence-electron chi connectivity index (χ0n) is 14.8. The van der Waals surface area contributed by atoms with E-state index in [1.807, 2.05) is 6.92 Å². The predicted octanol–water partition coefficient (Wildman–Crippen LogP) is 5.18. The molecule has 0 aliphatic heterocycles. The number of nitrogens with one attached hydrogen (secondary N) is 2. The van der Waals surface area contributed by atoms with Gasteiger partial charge in [0, 0.05) is 28.7 Å². The smallest absolute Gasteiger partial charge is 0.354 e. The molecule has 2 aromatic carbocycles. The monoisotopic (exact) mass is 397 g/mol. The van der Waals surface area contributed by atoms with Crippen molar-refractivity contribution in [3.8, 4) is 11.5 Å². The highest BCUT2D eigenvalue weighted by Crippen LogP contribution is 2.24. The lowest BCUT2D eigenvalue weighted by atomic mass is 10.2. The summed E-state index contributed by atoms with van der Waals surface area (Å²) in [4.78, 5) is 26.8. The molecule has 0 aliphatic carbocycles. The summed E-state index contributed by atoms with van der Waals surface area (Å²) >= 11 is 5.97. The average Bonchev–Trinajstić information content (AvgIpc) is 2.66. The number of anilines is 2. The summed E-state index contributed by atoms with van der Waals surface area (Å²) in [6.07, 6.45) is 1.36. The van der Waals surface area contributed by atoms with E-state index >= 15 is 0 Å². The Morgan fingerprint density at radius 1 is 0.964 bits per heavy atom. The zero-order chi connectivity index (χ0) is 20.1. The molecular formula is C20H16ClN3O4. The number of aryl methyl sites for hydroxylation is 1. The number of urea groups is 1. The molecule has 0 saturated carbocycles. The lowest BCUT2D eigenvalue weighted by Gasteiger charge is -2.10. The molecule has 0 atom stereocenters. The highest BCUT2D eigenvalue weighted by molar-refractivity contribution is 6.31. The minimum Gasteiger partial charge on any atom is -0.477 e. The summed E-state index contributed by atoms with van der Waals surface area (Å²) in [7, 11) is 0. The van der Waals surface area contributed by atoms with Gasteiger partial charge in [-0.25, -0.2) is 14.6 Å². The predicted molar refractivity (Wildman–Crippen MR) is 107 cm³/mol. The van der Waals surface area contributed by atoms with Crippen molar-refractivity contribution in [1.29, 1.82) is 0 Å². The van der Waals surface area contributed by atoms with E-state index in [2.05, 4.69) is 15.6 Å². The van der Waals surface area contributed by atoms with Crippen molar-refractivity contribution >= 4 is 35.0 Å². The highest BCUT2D eigenvalue weighted by Gasteiger charge is 2.07. The van der Waals surface area contributed by atoms with E-state index in [4.69, 9.17) is 21.4 Å². The maximum Gasteiger partial charge on any atom is 0.354 e. The number of hydrogen-bond donors (Lipinski definition) is 3. The summed E-state index contributed by atoms with van der Waals surface area (Å²) in [5.74, 6) is -0.294. The molecule has 0 fully saturated rings. The first kappa shape index (κ1) is 19.2. The summed E-state index contributed by atoms with van der Waals surface area (Å²) in [5, 5.41) is 15.0. The van der Waals surface area contributed by atoms with E-state index in [9.17, 15) is 9.59 Å². The van der Waals surface area contributed by atoms with Gasteiger partial charge in [-0.15, -0.1) is 0 Å². The Balaban J connectivity index is 1.61. The SMILES string of the molecule is Cc1cc(NC(=O)Nc2ccc(Oc3ccnc(C(=O)O)c3)cc2)ccc1Cl. The van der Waals surface area contributed by atoms with Crippen LogP contribution >= 0.6 is 11.6 Å². The highest BCUT2D eigenvalue weighted by atomic mass is 35.5. The quantitative estimate of drug-likeness (QED) is 0.550. The van der Waals surface area contributed by atoms with Crippen LogP contribution < -0.4 is 15.4 Å². The average molecular weight is 398 g/mol. The van der Waals surface area contributed by atoms with Gasteiger partial charge in [0.1, 0.15) is 11.5 Å². The van der Waals surface area contributed by atoms with Crippen LogP contribution in [0.1, 0.15) is 16.1 Å². The van der Waals surface area contributed by atoms with E-state index in [0.29, 0.717) is 27.9 Å². The molecule has 0 spiro atoms. The number of carbonyl (C=O) groups is 2. The number of hydrogen-bond acceptors (Lipinski definition) is 4. The number of ether oxygens (including phenoxy) is 1. The normalized spacial score (nSPS) is 10.2. The number of pyridine rings is 1. The van der Waals surface area contributed by atoms with Crippen molar-refractivity contribution in [3.63, 3.8) is 0 Å². The molecule has 142 valence electrons. The molecule has 2 amide bonds. The molecule has 3 rings (SSSR count). The van der Waals surface area contributed by atoms with Gasteiger partial charge in [0.15, 0.2) is 5.69 Å². The molecule has 0 unspecified atom stereocenters. The second-order valence-corrected chi connectivity index (χ2v) is 6.26. The zero-order valence-corrected chi connectivity index (χ0v) is 15.5. The third kappa shape index (κ3) is 4.99. The lowest BCUT2D eigenvalue weighted by Crippen LogP contribution is -2.19. The van der Waals surface area contributed by atoms with Crippen LogP contribution in [0.2, 0.25) is 5.02 Å². The Morgan fingerprint density at radius 2 is 1.64 bits per heavy atom.